The molecule has 19 heavy (non-hydrogen) atoms. The predicted molar refractivity (Wildman–Crippen MR) is 74.6 cm³/mol. The van der Waals surface area contributed by atoms with Crippen molar-refractivity contribution < 1.29 is 13.4 Å². The monoisotopic (exact) mass is 279 g/mol. The van der Waals surface area contributed by atoms with E-state index in [0.29, 0.717) is 12.3 Å². The van der Waals surface area contributed by atoms with Crippen LogP contribution in [0.4, 0.5) is 0 Å². The molecule has 102 valence electrons. The van der Waals surface area contributed by atoms with Gasteiger partial charge in [-0.2, -0.15) is 0 Å². The molecular weight excluding hydrogens is 262 g/mol. The maximum atomic E-state index is 12.2. The molecule has 0 aliphatic carbocycles. The van der Waals surface area contributed by atoms with E-state index < -0.39 is 10.8 Å². The van der Waals surface area contributed by atoms with Crippen molar-refractivity contribution in [3.05, 3.63) is 47.9 Å². The van der Waals surface area contributed by atoms with Gasteiger partial charge in [-0.1, -0.05) is 0 Å². The summed E-state index contributed by atoms with van der Waals surface area (Å²) in [5.74, 6) is 2.73. The summed E-state index contributed by atoms with van der Waals surface area (Å²) in [5, 5.41) is 3.01. The molecule has 0 spiro atoms. The molecule has 2 rings (SSSR count). The van der Waals surface area contributed by atoms with E-state index in [9.17, 15) is 4.21 Å². The normalized spacial score (nSPS) is 12.3. The van der Waals surface area contributed by atoms with Gasteiger partial charge >= 0.3 is 0 Å². The van der Waals surface area contributed by atoms with Crippen molar-refractivity contribution in [3.8, 4) is 5.75 Å². The Kier molecular flexibility index (Phi) is 4.76. The molecule has 1 N–H and O–H groups in total. The van der Waals surface area contributed by atoms with Crippen LogP contribution in [0.25, 0.3) is 0 Å². The Balaban J connectivity index is 2.02. The molecule has 1 aromatic heterocycles. The van der Waals surface area contributed by atoms with Gasteiger partial charge < -0.3 is 14.5 Å². The molecule has 1 aromatic carbocycles. The first kappa shape index (κ1) is 13.8. The van der Waals surface area contributed by atoms with Gasteiger partial charge in [0.1, 0.15) is 17.3 Å². The van der Waals surface area contributed by atoms with Crippen molar-refractivity contribution >= 4 is 10.8 Å². The molecule has 0 amide bonds. The summed E-state index contributed by atoms with van der Waals surface area (Å²) in [5.41, 5.74) is 0. The Morgan fingerprint density at radius 3 is 2.47 bits per heavy atom. The Morgan fingerprint density at radius 2 is 1.84 bits per heavy atom. The molecule has 0 aliphatic heterocycles. The average molecular weight is 279 g/mol. The maximum Gasteiger partial charge on any atom is 0.118 e. The summed E-state index contributed by atoms with van der Waals surface area (Å²) in [6, 6.07) is 11.0. The van der Waals surface area contributed by atoms with Crippen LogP contribution in [0.3, 0.4) is 0 Å². The van der Waals surface area contributed by atoms with Gasteiger partial charge in [-0.25, -0.2) is 0 Å². The minimum Gasteiger partial charge on any atom is -0.497 e. The second kappa shape index (κ2) is 6.54. The highest BCUT2D eigenvalue weighted by atomic mass is 32.2. The van der Waals surface area contributed by atoms with E-state index in [1.807, 2.05) is 43.4 Å². The Hall–Kier alpha value is -1.59. The first-order valence-corrected chi connectivity index (χ1v) is 7.29. The van der Waals surface area contributed by atoms with Crippen LogP contribution in [-0.4, -0.2) is 18.4 Å². The summed E-state index contributed by atoms with van der Waals surface area (Å²) in [4.78, 5) is 0.771. The molecule has 0 fully saturated rings. The Labute approximate surface area is 115 Å². The zero-order valence-electron chi connectivity index (χ0n) is 11.0. The smallest absolute Gasteiger partial charge is 0.118 e. The minimum absolute atomic E-state index is 0.385. The standard InChI is InChI=1S/C14H17NO3S/c1-15-9-12-3-4-13(18-12)10-19(16)14-7-5-11(17-2)6-8-14/h3-8,15H,9-10H2,1-2H3. The van der Waals surface area contributed by atoms with Crippen molar-refractivity contribution in [3.63, 3.8) is 0 Å². The minimum atomic E-state index is -1.10. The van der Waals surface area contributed by atoms with Crippen LogP contribution >= 0.6 is 0 Å². The molecule has 0 saturated heterocycles. The van der Waals surface area contributed by atoms with E-state index in [-0.39, 0.29) is 0 Å². The number of benzene rings is 1. The Morgan fingerprint density at radius 1 is 1.16 bits per heavy atom. The molecule has 0 radical (unpaired) electrons. The fourth-order valence-corrected chi connectivity index (χ4v) is 2.73. The number of nitrogens with one attached hydrogen (secondary N) is 1. The summed E-state index contributed by atoms with van der Waals surface area (Å²) in [6.07, 6.45) is 0. The lowest BCUT2D eigenvalue weighted by Gasteiger charge is -2.02. The zero-order valence-corrected chi connectivity index (χ0v) is 11.8. The lowest BCUT2D eigenvalue weighted by atomic mass is 10.3. The lowest BCUT2D eigenvalue weighted by Crippen LogP contribution is -2.03. The highest BCUT2D eigenvalue weighted by Gasteiger charge is 2.09. The van der Waals surface area contributed by atoms with Gasteiger partial charge in [0.25, 0.3) is 0 Å². The molecule has 1 heterocycles. The molecule has 4 nitrogen and oxygen atoms in total. The molecule has 2 aromatic rings. The first-order chi connectivity index (χ1) is 9.22. The fourth-order valence-electron chi connectivity index (χ4n) is 1.71. The molecule has 5 heteroatoms. The zero-order chi connectivity index (χ0) is 13.7. The molecule has 0 bridgehead atoms. The quantitative estimate of drug-likeness (QED) is 0.881. The topological polar surface area (TPSA) is 51.5 Å². The molecule has 1 unspecified atom stereocenters. The SMILES string of the molecule is CNCc1ccc(CS(=O)c2ccc(OC)cc2)o1. The van der Waals surface area contributed by atoms with Crippen LogP contribution in [-0.2, 0) is 23.1 Å². The number of furan rings is 1. The average Bonchev–Trinajstić information content (AvgIpc) is 2.86. The van der Waals surface area contributed by atoms with E-state index in [1.165, 1.54) is 0 Å². The Bertz CT molecular complexity index is 548. The highest BCUT2D eigenvalue weighted by Crippen LogP contribution is 2.18. The number of rotatable bonds is 6. The predicted octanol–water partition coefficient (Wildman–Crippen LogP) is 2.32. The second-order valence-electron chi connectivity index (χ2n) is 4.06. The van der Waals surface area contributed by atoms with Crippen molar-refractivity contribution in [1.82, 2.24) is 5.32 Å². The van der Waals surface area contributed by atoms with Crippen molar-refractivity contribution in [1.29, 1.82) is 0 Å². The van der Waals surface area contributed by atoms with Crippen molar-refractivity contribution in [2.75, 3.05) is 14.2 Å². The lowest BCUT2D eigenvalue weighted by molar-refractivity contribution is 0.414. The van der Waals surface area contributed by atoms with Crippen LogP contribution in [0.2, 0.25) is 0 Å². The fraction of sp³-hybridized carbons (Fsp3) is 0.286. The van der Waals surface area contributed by atoms with Gasteiger partial charge in [0.2, 0.25) is 0 Å². The van der Waals surface area contributed by atoms with Gasteiger partial charge in [0, 0.05) is 4.90 Å². The molecular formula is C14H17NO3S. The van der Waals surface area contributed by atoms with Gasteiger partial charge in [-0.15, -0.1) is 0 Å². The summed E-state index contributed by atoms with van der Waals surface area (Å²) < 4.78 is 22.8. The second-order valence-corrected chi connectivity index (χ2v) is 5.51. The first-order valence-electron chi connectivity index (χ1n) is 5.97. The van der Waals surface area contributed by atoms with E-state index in [1.54, 1.807) is 7.11 Å². The van der Waals surface area contributed by atoms with E-state index >= 15 is 0 Å². The molecule has 0 saturated carbocycles. The van der Waals surface area contributed by atoms with Crippen LogP contribution in [0, 0.1) is 0 Å². The number of hydrogen-bond acceptors (Lipinski definition) is 4. The molecule has 0 aliphatic rings. The summed E-state index contributed by atoms with van der Waals surface area (Å²) in [6.45, 7) is 0.676. The third-order valence-corrected chi connectivity index (χ3v) is 4.01. The summed E-state index contributed by atoms with van der Waals surface area (Å²) >= 11 is 0. The highest BCUT2D eigenvalue weighted by molar-refractivity contribution is 7.84. The van der Waals surface area contributed by atoms with E-state index in [4.69, 9.17) is 9.15 Å². The van der Waals surface area contributed by atoms with Crippen LogP contribution in [0.5, 0.6) is 5.75 Å². The molecule has 1 atom stereocenters. The largest absolute Gasteiger partial charge is 0.497 e. The van der Waals surface area contributed by atoms with E-state index in [2.05, 4.69) is 5.32 Å². The van der Waals surface area contributed by atoms with Gasteiger partial charge in [-0.3, -0.25) is 4.21 Å². The van der Waals surface area contributed by atoms with Gasteiger partial charge in [0.15, 0.2) is 0 Å². The van der Waals surface area contributed by atoms with E-state index in [0.717, 1.165) is 22.2 Å². The van der Waals surface area contributed by atoms with Crippen LogP contribution in [0.15, 0.2) is 45.7 Å². The maximum absolute atomic E-state index is 12.2. The third-order valence-electron chi connectivity index (χ3n) is 2.66. The van der Waals surface area contributed by atoms with Crippen molar-refractivity contribution in [2.24, 2.45) is 0 Å². The van der Waals surface area contributed by atoms with Crippen LogP contribution < -0.4 is 10.1 Å². The third kappa shape index (κ3) is 3.68. The van der Waals surface area contributed by atoms with Gasteiger partial charge in [0.05, 0.1) is 30.2 Å². The van der Waals surface area contributed by atoms with Crippen LogP contribution in [0.1, 0.15) is 11.5 Å². The van der Waals surface area contributed by atoms with Crippen molar-refractivity contribution in [2.45, 2.75) is 17.2 Å². The summed E-state index contributed by atoms with van der Waals surface area (Å²) in [7, 11) is 2.36. The number of ether oxygens (including phenoxy) is 1. The number of methoxy groups -OCH3 is 1. The number of hydrogen-bond donors (Lipinski definition) is 1. The van der Waals surface area contributed by atoms with Gasteiger partial charge in [-0.05, 0) is 43.4 Å².